The Hall–Kier alpha value is -0.720. The Kier molecular flexibility index (Phi) is 8.03. The van der Waals surface area contributed by atoms with Crippen molar-refractivity contribution in [1.82, 2.24) is 5.32 Å². The van der Waals surface area contributed by atoms with Crippen LogP contribution in [0.3, 0.4) is 0 Å². The molecule has 0 bridgehead atoms. The van der Waals surface area contributed by atoms with Crippen molar-refractivity contribution in [3.8, 4) is 0 Å². The van der Waals surface area contributed by atoms with Gasteiger partial charge in [-0.2, -0.15) is 0 Å². The summed E-state index contributed by atoms with van der Waals surface area (Å²) in [6.45, 7) is -0.111. The SMILES string of the molecule is CC(CO)(CO)[N+](=O)[O-].CNC. The molecule has 0 fully saturated rings. The molecule has 0 saturated carbocycles. The second kappa shape index (κ2) is 6.96. The zero-order chi connectivity index (χ0) is 10.2. The van der Waals surface area contributed by atoms with Gasteiger partial charge >= 0.3 is 0 Å². The van der Waals surface area contributed by atoms with Crippen LogP contribution in [0.2, 0.25) is 0 Å². The van der Waals surface area contributed by atoms with Crippen LogP contribution in [0.5, 0.6) is 0 Å². The molecule has 0 heterocycles. The van der Waals surface area contributed by atoms with E-state index >= 15 is 0 Å². The summed E-state index contributed by atoms with van der Waals surface area (Å²) in [5.74, 6) is 0. The third kappa shape index (κ3) is 5.00. The van der Waals surface area contributed by atoms with E-state index in [0.717, 1.165) is 0 Å². The summed E-state index contributed by atoms with van der Waals surface area (Å²) < 4.78 is 0. The van der Waals surface area contributed by atoms with E-state index in [1.807, 2.05) is 14.1 Å². The van der Waals surface area contributed by atoms with E-state index in [0.29, 0.717) is 0 Å². The van der Waals surface area contributed by atoms with Crippen molar-refractivity contribution in [1.29, 1.82) is 0 Å². The van der Waals surface area contributed by atoms with Crippen molar-refractivity contribution in [2.24, 2.45) is 0 Å². The fourth-order valence-electron chi connectivity index (χ4n) is 0.165. The van der Waals surface area contributed by atoms with E-state index in [-0.39, 0.29) is 0 Å². The van der Waals surface area contributed by atoms with Crippen LogP contribution in [0.15, 0.2) is 0 Å². The lowest BCUT2D eigenvalue weighted by Crippen LogP contribution is -2.42. The summed E-state index contributed by atoms with van der Waals surface area (Å²) >= 11 is 0. The lowest BCUT2D eigenvalue weighted by molar-refractivity contribution is -0.572. The molecular formula is C6H16N2O4. The van der Waals surface area contributed by atoms with Gasteiger partial charge in [0.15, 0.2) is 0 Å². The van der Waals surface area contributed by atoms with Crippen LogP contribution >= 0.6 is 0 Å². The Morgan fingerprint density at radius 3 is 1.67 bits per heavy atom. The third-order valence-electron chi connectivity index (χ3n) is 1.12. The molecule has 6 nitrogen and oxygen atoms in total. The van der Waals surface area contributed by atoms with Crippen molar-refractivity contribution < 1.29 is 15.1 Å². The van der Waals surface area contributed by atoms with Gasteiger partial charge in [-0.15, -0.1) is 0 Å². The van der Waals surface area contributed by atoms with Gasteiger partial charge in [0.25, 0.3) is 5.54 Å². The van der Waals surface area contributed by atoms with Gasteiger partial charge in [0.2, 0.25) is 0 Å². The molecule has 0 aliphatic heterocycles. The summed E-state index contributed by atoms with van der Waals surface area (Å²) in [6.07, 6.45) is 0. The monoisotopic (exact) mass is 180 g/mol. The van der Waals surface area contributed by atoms with Crippen molar-refractivity contribution >= 4 is 0 Å². The molecule has 0 aliphatic carbocycles. The predicted molar refractivity (Wildman–Crippen MR) is 44.6 cm³/mol. The van der Waals surface area contributed by atoms with Crippen LogP contribution in [0, 0.1) is 10.1 Å². The van der Waals surface area contributed by atoms with E-state index in [4.69, 9.17) is 10.2 Å². The highest BCUT2D eigenvalue weighted by molar-refractivity contribution is 4.69. The smallest absolute Gasteiger partial charge is 0.264 e. The molecule has 0 saturated heterocycles. The number of nitrogens with one attached hydrogen (secondary N) is 1. The number of rotatable bonds is 3. The van der Waals surface area contributed by atoms with E-state index in [1.54, 1.807) is 0 Å². The highest BCUT2D eigenvalue weighted by Gasteiger charge is 2.35. The molecule has 12 heavy (non-hydrogen) atoms. The van der Waals surface area contributed by atoms with E-state index in [1.165, 1.54) is 6.92 Å². The Labute approximate surface area is 71.4 Å². The zero-order valence-corrected chi connectivity index (χ0v) is 7.57. The van der Waals surface area contributed by atoms with Crippen molar-refractivity contribution in [2.75, 3.05) is 27.3 Å². The van der Waals surface area contributed by atoms with Gasteiger partial charge in [-0.3, -0.25) is 10.1 Å². The first-order valence-corrected chi connectivity index (χ1v) is 3.43. The first kappa shape index (κ1) is 13.8. The molecule has 0 aromatic heterocycles. The lowest BCUT2D eigenvalue weighted by Gasteiger charge is -2.13. The van der Waals surface area contributed by atoms with E-state index in [2.05, 4.69) is 5.32 Å². The number of hydrogen-bond acceptors (Lipinski definition) is 5. The second-order valence-corrected chi connectivity index (χ2v) is 2.57. The lowest BCUT2D eigenvalue weighted by atomic mass is 10.1. The van der Waals surface area contributed by atoms with E-state index in [9.17, 15) is 10.1 Å². The van der Waals surface area contributed by atoms with Gasteiger partial charge in [0.05, 0.1) is 0 Å². The van der Waals surface area contributed by atoms with Crippen LogP contribution in [0.25, 0.3) is 0 Å². The number of nitrogens with zero attached hydrogens (tertiary/aromatic N) is 1. The quantitative estimate of drug-likeness (QED) is 0.376. The maximum atomic E-state index is 9.97. The second-order valence-electron chi connectivity index (χ2n) is 2.57. The minimum atomic E-state index is -1.58. The summed E-state index contributed by atoms with van der Waals surface area (Å²) in [7, 11) is 3.75. The molecule has 0 spiro atoms. The normalized spacial score (nSPS) is 10.1. The fourth-order valence-corrected chi connectivity index (χ4v) is 0.165. The first-order valence-electron chi connectivity index (χ1n) is 3.43. The largest absolute Gasteiger partial charge is 0.389 e. The Morgan fingerprint density at radius 1 is 1.42 bits per heavy atom. The molecule has 3 N–H and O–H groups in total. The Bertz CT molecular complexity index is 125. The summed E-state index contributed by atoms with van der Waals surface area (Å²) in [5, 5.41) is 29.4. The molecule has 0 aliphatic rings. The van der Waals surface area contributed by atoms with Crippen molar-refractivity contribution in [2.45, 2.75) is 12.5 Å². The molecule has 0 aromatic carbocycles. The topological polar surface area (TPSA) is 95.6 Å². The average molecular weight is 180 g/mol. The summed E-state index contributed by atoms with van der Waals surface area (Å²) in [5.41, 5.74) is -1.58. The molecule has 74 valence electrons. The van der Waals surface area contributed by atoms with Crippen LogP contribution in [-0.2, 0) is 0 Å². The maximum Gasteiger partial charge on any atom is 0.264 e. The fraction of sp³-hybridized carbons (Fsp3) is 1.00. The van der Waals surface area contributed by atoms with Crippen molar-refractivity contribution in [3.63, 3.8) is 0 Å². The van der Waals surface area contributed by atoms with Gasteiger partial charge < -0.3 is 15.5 Å². The van der Waals surface area contributed by atoms with Gasteiger partial charge in [0.1, 0.15) is 13.2 Å². The standard InChI is InChI=1S/C4H9NO4.C2H7N/c1-4(2-6,3-7)5(8)9;1-3-2/h6-7H,2-3H2,1H3;3H,1-2H3. The molecule has 0 atom stereocenters. The number of nitro groups is 1. The van der Waals surface area contributed by atoms with Gasteiger partial charge in [0, 0.05) is 11.8 Å². The van der Waals surface area contributed by atoms with Crippen LogP contribution in [0.4, 0.5) is 0 Å². The van der Waals surface area contributed by atoms with Gasteiger partial charge in [-0.25, -0.2) is 0 Å². The van der Waals surface area contributed by atoms with Crippen LogP contribution in [-0.4, -0.2) is 48.0 Å². The molecule has 0 radical (unpaired) electrons. The Balaban J connectivity index is 0. The summed E-state index contributed by atoms with van der Waals surface area (Å²) in [6, 6.07) is 0. The van der Waals surface area contributed by atoms with Crippen molar-refractivity contribution in [3.05, 3.63) is 10.1 Å². The maximum absolute atomic E-state index is 9.97. The average Bonchev–Trinajstić information content (AvgIpc) is 2.04. The number of hydrogen-bond donors (Lipinski definition) is 3. The first-order chi connectivity index (χ1) is 5.48. The highest BCUT2D eigenvalue weighted by atomic mass is 16.6. The highest BCUT2D eigenvalue weighted by Crippen LogP contribution is 2.04. The summed E-state index contributed by atoms with van der Waals surface area (Å²) in [4.78, 5) is 9.27. The van der Waals surface area contributed by atoms with Crippen LogP contribution < -0.4 is 5.32 Å². The minimum Gasteiger partial charge on any atom is -0.389 e. The van der Waals surface area contributed by atoms with Gasteiger partial charge in [-0.1, -0.05) is 0 Å². The van der Waals surface area contributed by atoms with Crippen LogP contribution in [0.1, 0.15) is 6.92 Å². The number of aliphatic hydroxyl groups is 2. The minimum absolute atomic E-state index is 0.642. The third-order valence-corrected chi connectivity index (χ3v) is 1.12. The predicted octanol–water partition coefficient (Wildman–Crippen LogP) is -1.16. The molecular weight excluding hydrogens is 164 g/mol. The molecule has 0 rings (SSSR count). The molecule has 0 aromatic rings. The number of aliphatic hydroxyl groups excluding tert-OH is 2. The molecule has 0 unspecified atom stereocenters. The molecule has 0 amide bonds. The Morgan fingerprint density at radius 2 is 1.67 bits per heavy atom. The zero-order valence-electron chi connectivity index (χ0n) is 7.57. The van der Waals surface area contributed by atoms with Gasteiger partial charge in [-0.05, 0) is 14.1 Å². The molecule has 6 heteroatoms. The van der Waals surface area contributed by atoms with E-state index < -0.39 is 23.7 Å².